The number of hydrogen-bond donors (Lipinski definition) is 4. The Kier molecular flexibility index (Phi) is 6.56. The number of aliphatic carboxylic acids is 1. The molecule has 0 aromatic carbocycles. The van der Waals surface area contributed by atoms with E-state index in [4.69, 9.17) is 10.6 Å². The summed E-state index contributed by atoms with van der Waals surface area (Å²) in [6.45, 7) is 0.747. The van der Waals surface area contributed by atoms with Crippen molar-refractivity contribution in [3.63, 3.8) is 0 Å². The normalized spacial score (nSPS) is 31.2. The smallest absolute Gasteiger partial charge is 0.276 e. The van der Waals surface area contributed by atoms with Crippen LogP contribution in [0.5, 0.6) is 0 Å². The van der Waals surface area contributed by atoms with Crippen LogP contribution in [-0.4, -0.2) is 111 Å². The quantitative estimate of drug-likeness (QED) is 0.124. The molecule has 4 heterocycles. The summed E-state index contributed by atoms with van der Waals surface area (Å²) < 4.78 is 0.232. The first-order valence-electron chi connectivity index (χ1n) is 10.3. The lowest BCUT2D eigenvalue weighted by atomic mass is 10.0. The lowest BCUT2D eigenvalue weighted by molar-refractivity contribution is -0.895. The molecule has 3 aliphatic heterocycles. The van der Waals surface area contributed by atoms with E-state index in [0.717, 1.165) is 16.2 Å². The Morgan fingerprint density at radius 2 is 2.09 bits per heavy atom. The van der Waals surface area contributed by atoms with Crippen LogP contribution in [0.4, 0.5) is 5.13 Å². The fourth-order valence-corrected chi connectivity index (χ4v) is 6.39. The monoisotopic (exact) mass is 512 g/mol. The van der Waals surface area contributed by atoms with Gasteiger partial charge in [-0.05, 0) is 0 Å². The van der Waals surface area contributed by atoms with Crippen LogP contribution >= 0.6 is 23.1 Å². The third-order valence-electron chi connectivity index (χ3n) is 5.96. The number of rotatable bonds is 7. The highest BCUT2D eigenvalue weighted by molar-refractivity contribution is 8.00. The van der Waals surface area contributed by atoms with E-state index in [1.165, 1.54) is 24.3 Å². The van der Waals surface area contributed by atoms with Gasteiger partial charge in [0.15, 0.2) is 10.8 Å². The van der Waals surface area contributed by atoms with Crippen molar-refractivity contribution in [3.8, 4) is 0 Å². The summed E-state index contributed by atoms with van der Waals surface area (Å²) in [6, 6.07) is -0.980. The third kappa shape index (κ3) is 4.36. The summed E-state index contributed by atoms with van der Waals surface area (Å²) >= 11 is 2.42. The maximum Gasteiger partial charge on any atom is 0.276 e. The van der Waals surface area contributed by atoms with Gasteiger partial charge in [-0.15, -0.1) is 23.1 Å². The minimum atomic E-state index is -1.50. The Bertz CT molecular complexity index is 1080. The number of likely N-dealkylation sites (tertiary alicyclic amines) is 1. The number of oxime groups is 1. The average Bonchev–Trinajstić information content (AvgIpc) is 3.30. The van der Waals surface area contributed by atoms with Crippen LogP contribution in [0.2, 0.25) is 0 Å². The molecule has 2 amide bonds. The van der Waals surface area contributed by atoms with E-state index in [-0.39, 0.29) is 52.1 Å². The van der Waals surface area contributed by atoms with Gasteiger partial charge in [0.2, 0.25) is 0 Å². The second-order valence-electron chi connectivity index (χ2n) is 8.57. The minimum absolute atomic E-state index is 0.164. The van der Waals surface area contributed by atoms with Gasteiger partial charge in [-0.2, -0.15) is 0 Å². The summed E-state index contributed by atoms with van der Waals surface area (Å²) in [5.74, 6) is -2.52. The van der Waals surface area contributed by atoms with E-state index in [1.807, 2.05) is 0 Å². The van der Waals surface area contributed by atoms with Gasteiger partial charge in [-0.3, -0.25) is 14.5 Å². The topological polar surface area (TPSA) is 190 Å². The maximum atomic E-state index is 12.9. The number of carbonyl (C=O) groups excluding carboxylic acids is 3. The number of nitrogens with zero attached hydrogens (tertiary/aromatic N) is 4. The molecule has 5 atom stereocenters. The molecule has 0 radical (unpaired) electrons. The lowest BCUT2D eigenvalue weighted by Gasteiger charge is -2.51. The molecular weight excluding hydrogens is 488 g/mol. The van der Waals surface area contributed by atoms with Crippen LogP contribution in [0, 0.1) is 0 Å². The molecular formula is C19H24N6O7S2. The number of aromatic nitrogens is 1. The van der Waals surface area contributed by atoms with Gasteiger partial charge in [-0.1, -0.05) is 5.16 Å². The summed E-state index contributed by atoms with van der Waals surface area (Å²) in [4.78, 5) is 47.6. The van der Waals surface area contributed by atoms with Crippen molar-refractivity contribution in [1.82, 2.24) is 15.2 Å². The fourth-order valence-electron chi connectivity index (χ4n) is 4.51. The molecule has 2 fully saturated rings. The number of carbonyl (C=O) groups is 3. The van der Waals surface area contributed by atoms with Crippen molar-refractivity contribution in [3.05, 3.63) is 22.3 Å². The second kappa shape index (κ2) is 9.14. The fraction of sp³-hybridized carbons (Fsp3) is 0.526. The highest BCUT2D eigenvalue weighted by Crippen LogP contribution is 2.41. The van der Waals surface area contributed by atoms with Crippen molar-refractivity contribution in [2.45, 2.75) is 23.6 Å². The first-order valence-corrected chi connectivity index (χ1v) is 12.2. The van der Waals surface area contributed by atoms with E-state index < -0.39 is 41.4 Å². The zero-order valence-electron chi connectivity index (χ0n) is 18.3. The molecule has 2 unspecified atom stereocenters. The number of nitrogens with two attached hydrogens (primary N) is 1. The number of amides is 2. The molecule has 3 aliphatic rings. The van der Waals surface area contributed by atoms with Crippen molar-refractivity contribution in [2.24, 2.45) is 5.16 Å². The molecule has 13 nitrogen and oxygen atoms in total. The van der Waals surface area contributed by atoms with Crippen LogP contribution in [0.25, 0.3) is 0 Å². The van der Waals surface area contributed by atoms with E-state index in [1.54, 1.807) is 7.05 Å². The van der Waals surface area contributed by atoms with Gasteiger partial charge in [0.05, 0.1) is 18.7 Å². The molecule has 1 aromatic rings. The molecule has 4 rings (SSSR count). The maximum absolute atomic E-state index is 12.9. The van der Waals surface area contributed by atoms with Crippen LogP contribution < -0.4 is 16.2 Å². The summed E-state index contributed by atoms with van der Waals surface area (Å²) in [5, 5.41) is 39.2. The zero-order chi connectivity index (χ0) is 24.8. The molecule has 5 N–H and O–H groups in total. The highest BCUT2D eigenvalue weighted by atomic mass is 32.2. The minimum Gasteiger partial charge on any atom is -0.543 e. The predicted molar refractivity (Wildman–Crippen MR) is 120 cm³/mol. The van der Waals surface area contributed by atoms with Crippen molar-refractivity contribution in [2.75, 3.05) is 45.3 Å². The molecule has 0 saturated carbocycles. The van der Waals surface area contributed by atoms with Crippen LogP contribution in [-0.2, 0) is 19.2 Å². The van der Waals surface area contributed by atoms with Gasteiger partial charge >= 0.3 is 0 Å². The van der Waals surface area contributed by atoms with Crippen molar-refractivity contribution in [1.29, 1.82) is 0 Å². The summed E-state index contributed by atoms with van der Waals surface area (Å²) in [7, 11) is 3.06. The van der Waals surface area contributed by atoms with Crippen LogP contribution in [0.1, 0.15) is 5.69 Å². The number of carboxylic acid groups (broad SMARTS) is 1. The number of carboxylic acids is 1. The standard InChI is InChI=1S/C19H24N6O7S2/c1-25(4-10(26)11(27)5-25)3-8-6-33-17-13(16(29)24(17)14(8)18(30)31)22-15(28)12(23-32-2)9-7-34-19(20)21-9/h7,10-11,13,17,26-27H,3-6H2,1-2H3,(H3-,20,21,22,28,30,31)/b23-12-/t10-,11+,13?,17-,25?/m0/s1. The van der Waals surface area contributed by atoms with E-state index >= 15 is 0 Å². The molecule has 0 aliphatic carbocycles. The largest absolute Gasteiger partial charge is 0.543 e. The Morgan fingerprint density at radius 3 is 2.65 bits per heavy atom. The molecule has 0 spiro atoms. The number of nitrogens with one attached hydrogen (secondary N) is 1. The number of nitrogen functional groups attached to an aromatic ring is 1. The number of β-lactam (4-membered cyclic amide) rings is 1. The Balaban J connectivity index is 1.52. The summed E-state index contributed by atoms with van der Waals surface area (Å²) in [6.07, 6.45) is -1.80. The lowest BCUT2D eigenvalue weighted by Crippen LogP contribution is -2.71. The van der Waals surface area contributed by atoms with Crippen molar-refractivity contribution < 1.29 is 39.0 Å². The molecule has 2 saturated heterocycles. The van der Waals surface area contributed by atoms with Gasteiger partial charge in [0.25, 0.3) is 11.8 Å². The first kappa shape index (κ1) is 24.4. The summed E-state index contributed by atoms with van der Waals surface area (Å²) in [5.41, 5.74) is 5.89. The molecule has 184 valence electrons. The number of aliphatic hydroxyl groups is 2. The number of anilines is 1. The Labute approximate surface area is 202 Å². The second-order valence-corrected chi connectivity index (χ2v) is 10.6. The number of thiazole rings is 1. The zero-order valence-corrected chi connectivity index (χ0v) is 20.0. The molecule has 0 bridgehead atoms. The first-order chi connectivity index (χ1) is 16.0. The Morgan fingerprint density at radius 1 is 1.41 bits per heavy atom. The third-order valence-corrected chi connectivity index (χ3v) is 7.98. The van der Waals surface area contributed by atoms with Gasteiger partial charge < -0.3 is 40.5 Å². The number of fused-ring (bicyclic) bond motifs is 1. The van der Waals surface area contributed by atoms with Gasteiger partial charge in [-0.25, -0.2) is 4.98 Å². The van der Waals surface area contributed by atoms with E-state index in [2.05, 4.69) is 15.5 Å². The van der Waals surface area contributed by atoms with Crippen LogP contribution in [0.15, 0.2) is 21.8 Å². The predicted octanol–water partition coefficient (Wildman–Crippen LogP) is -3.34. The number of quaternary nitrogens is 1. The number of likely N-dealkylation sites (N-methyl/N-ethyl adjacent to an activating group) is 1. The van der Waals surface area contributed by atoms with Gasteiger partial charge in [0.1, 0.15) is 56.1 Å². The molecule has 1 aromatic heterocycles. The van der Waals surface area contributed by atoms with E-state index in [9.17, 15) is 29.7 Å². The number of aliphatic hydroxyl groups excluding tert-OH is 2. The van der Waals surface area contributed by atoms with Gasteiger partial charge in [0, 0.05) is 16.7 Å². The van der Waals surface area contributed by atoms with Crippen molar-refractivity contribution >= 4 is 51.7 Å². The molecule has 34 heavy (non-hydrogen) atoms. The Hall–Kier alpha value is -2.72. The van der Waals surface area contributed by atoms with E-state index in [0.29, 0.717) is 5.57 Å². The average molecular weight is 513 g/mol. The van der Waals surface area contributed by atoms with Crippen LogP contribution in [0.3, 0.4) is 0 Å². The SMILES string of the molecule is CO/N=C(\C(=O)NC1C(=O)N2C(C(=O)[O-])=C(C[N+]3(C)C[C@@H](O)[C@@H](O)C3)CS[C@@H]12)c1csc(N)n1. The number of hydrogen-bond acceptors (Lipinski definition) is 12. The molecule has 15 heteroatoms. The number of thioether (sulfide) groups is 1. The highest BCUT2D eigenvalue weighted by Gasteiger charge is 2.54.